The standard InChI is InChI=1S/C13H26N2O2S/c1-15(13-6-3-2-4-7-13)18(16,17)11-5-10-14-12-8-9-12/h12-14H,2-11H2,1H3. The molecular formula is C13H26N2O2S. The number of nitrogens with one attached hydrogen (secondary N) is 1. The number of sulfonamides is 1. The molecule has 0 aromatic rings. The Morgan fingerprint density at radius 1 is 1.11 bits per heavy atom. The van der Waals surface area contributed by atoms with E-state index in [0.717, 1.165) is 25.8 Å². The second-order valence-electron chi connectivity index (χ2n) is 5.71. The largest absolute Gasteiger partial charge is 0.314 e. The zero-order chi connectivity index (χ0) is 13.0. The first-order chi connectivity index (χ1) is 8.59. The minimum absolute atomic E-state index is 0.250. The third kappa shape index (κ3) is 4.21. The maximum absolute atomic E-state index is 12.2. The predicted octanol–water partition coefficient (Wildman–Crippen LogP) is 1.72. The maximum atomic E-state index is 12.2. The van der Waals surface area contributed by atoms with E-state index < -0.39 is 10.0 Å². The van der Waals surface area contributed by atoms with E-state index in [1.165, 1.54) is 32.1 Å². The van der Waals surface area contributed by atoms with Crippen molar-refractivity contribution in [2.24, 2.45) is 0 Å². The Morgan fingerprint density at radius 2 is 1.78 bits per heavy atom. The lowest BCUT2D eigenvalue weighted by atomic mass is 9.96. The molecular weight excluding hydrogens is 248 g/mol. The van der Waals surface area contributed by atoms with E-state index in [1.807, 2.05) is 0 Å². The second-order valence-corrected chi connectivity index (χ2v) is 7.85. The first kappa shape index (κ1) is 14.3. The molecule has 0 saturated heterocycles. The van der Waals surface area contributed by atoms with Gasteiger partial charge < -0.3 is 5.32 Å². The van der Waals surface area contributed by atoms with Crippen LogP contribution >= 0.6 is 0 Å². The lowest BCUT2D eigenvalue weighted by Crippen LogP contribution is -2.40. The minimum atomic E-state index is -3.04. The molecule has 5 heteroatoms. The summed E-state index contributed by atoms with van der Waals surface area (Å²) in [4.78, 5) is 0. The quantitative estimate of drug-likeness (QED) is 0.719. The van der Waals surface area contributed by atoms with Gasteiger partial charge >= 0.3 is 0 Å². The van der Waals surface area contributed by atoms with Gasteiger partial charge in [-0.3, -0.25) is 0 Å². The molecule has 0 aromatic carbocycles. The van der Waals surface area contributed by atoms with Crippen molar-refractivity contribution < 1.29 is 8.42 Å². The average molecular weight is 274 g/mol. The molecule has 0 spiro atoms. The summed E-state index contributed by atoms with van der Waals surface area (Å²) < 4.78 is 26.0. The molecule has 0 aromatic heterocycles. The van der Waals surface area contributed by atoms with Crippen LogP contribution in [0.1, 0.15) is 51.4 Å². The zero-order valence-electron chi connectivity index (χ0n) is 11.4. The number of hydrogen-bond donors (Lipinski definition) is 1. The molecule has 0 aliphatic heterocycles. The Labute approximate surface area is 111 Å². The van der Waals surface area contributed by atoms with E-state index in [1.54, 1.807) is 11.4 Å². The highest BCUT2D eigenvalue weighted by Crippen LogP contribution is 2.23. The van der Waals surface area contributed by atoms with E-state index >= 15 is 0 Å². The van der Waals surface area contributed by atoms with Gasteiger partial charge in [0, 0.05) is 19.1 Å². The van der Waals surface area contributed by atoms with Gasteiger partial charge in [-0.05, 0) is 38.6 Å². The van der Waals surface area contributed by atoms with E-state index in [-0.39, 0.29) is 6.04 Å². The van der Waals surface area contributed by atoms with Gasteiger partial charge in [0.1, 0.15) is 0 Å². The van der Waals surface area contributed by atoms with Gasteiger partial charge in [-0.1, -0.05) is 19.3 Å². The van der Waals surface area contributed by atoms with Crippen molar-refractivity contribution >= 4 is 10.0 Å². The van der Waals surface area contributed by atoms with Crippen LogP contribution in [0.15, 0.2) is 0 Å². The summed E-state index contributed by atoms with van der Waals surface area (Å²) in [6, 6.07) is 0.920. The molecule has 4 nitrogen and oxygen atoms in total. The smallest absolute Gasteiger partial charge is 0.214 e. The van der Waals surface area contributed by atoms with Crippen LogP contribution in [0.5, 0.6) is 0 Å². The summed E-state index contributed by atoms with van der Waals surface area (Å²) in [6.45, 7) is 0.836. The Balaban J connectivity index is 1.72. The van der Waals surface area contributed by atoms with E-state index in [4.69, 9.17) is 0 Å². The molecule has 0 amide bonds. The van der Waals surface area contributed by atoms with Crippen LogP contribution in [0.25, 0.3) is 0 Å². The van der Waals surface area contributed by atoms with Gasteiger partial charge in [0.05, 0.1) is 5.75 Å². The third-order valence-electron chi connectivity index (χ3n) is 4.12. The molecule has 2 rings (SSSR count). The lowest BCUT2D eigenvalue weighted by Gasteiger charge is -2.30. The normalized spacial score (nSPS) is 22.6. The molecule has 106 valence electrons. The van der Waals surface area contributed by atoms with E-state index in [2.05, 4.69) is 5.32 Å². The van der Waals surface area contributed by atoms with Crippen molar-refractivity contribution in [3.63, 3.8) is 0 Å². The minimum Gasteiger partial charge on any atom is -0.314 e. The molecule has 2 aliphatic carbocycles. The third-order valence-corrected chi connectivity index (χ3v) is 6.10. The van der Waals surface area contributed by atoms with Gasteiger partial charge in [-0.25, -0.2) is 12.7 Å². The summed E-state index contributed by atoms with van der Waals surface area (Å²) in [5, 5.41) is 3.36. The van der Waals surface area contributed by atoms with Crippen molar-refractivity contribution in [3.8, 4) is 0 Å². The van der Waals surface area contributed by atoms with Gasteiger partial charge in [0.25, 0.3) is 0 Å². The molecule has 0 unspecified atom stereocenters. The molecule has 0 bridgehead atoms. The topological polar surface area (TPSA) is 49.4 Å². The average Bonchev–Trinajstić information content (AvgIpc) is 3.19. The van der Waals surface area contributed by atoms with Crippen molar-refractivity contribution in [1.29, 1.82) is 0 Å². The van der Waals surface area contributed by atoms with Crippen LogP contribution in [-0.4, -0.2) is 44.2 Å². The second kappa shape index (κ2) is 6.35. The molecule has 0 radical (unpaired) electrons. The van der Waals surface area contributed by atoms with Crippen LogP contribution in [0.3, 0.4) is 0 Å². The molecule has 0 atom stereocenters. The van der Waals surface area contributed by atoms with Gasteiger partial charge in [0.15, 0.2) is 0 Å². The molecule has 0 heterocycles. The first-order valence-corrected chi connectivity index (χ1v) is 8.89. The van der Waals surface area contributed by atoms with Gasteiger partial charge in [-0.2, -0.15) is 0 Å². The summed E-state index contributed by atoms with van der Waals surface area (Å²) in [6.07, 6.45) is 8.93. The summed E-state index contributed by atoms with van der Waals surface area (Å²) in [5.41, 5.74) is 0. The predicted molar refractivity (Wildman–Crippen MR) is 74.1 cm³/mol. The number of hydrogen-bond acceptors (Lipinski definition) is 3. The van der Waals surface area contributed by atoms with Crippen LogP contribution in [-0.2, 0) is 10.0 Å². The van der Waals surface area contributed by atoms with Crippen molar-refractivity contribution in [3.05, 3.63) is 0 Å². The zero-order valence-corrected chi connectivity index (χ0v) is 12.2. The fourth-order valence-electron chi connectivity index (χ4n) is 2.66. The summed E-state index contributed by atoms with van der Waals surface area (Å²) in [5.74, 6) is 0.291. The van der Waals surface area contributed by atoms with Crippen LogP contribution in [0, 0.1) is 0 Å². The number of rotatable bonds is 7. The monoisotopic (exact) mass is 274 g/mol. The first-order valence-electron chi connectivity index (χ1n) is 7.29. The highest BCUT2D eigenvalue weighted by Gasteiger charge is 2.27. The SMILES string of the molecule is CN(C1CCCCC1)S(=O)(=O)CCCNC1CC1. The van der Waals surface area contributed by atoms with Crippen LogP contribution in [0.4, 0.5) is 0 Å². The highest BCUT2D eigenvalue weighted by molar-refractivity contribution is 7.89. The molecule has 18 heavy (non-hydrogen) atoms. The fourth-order valence-corrected chi connectivity index (χ4v) is 4.13. The molecule has 2 aliphatic rings. The molecule has 2 saturated carbocycles. The highest BCUT2D eigenvalue weighted by atomic mass is 32.2. The van der Waals surface area contributed by atoms with Crippen LogP contribution in [0.2, 0.25) is 0 Å². The Morgan fingerprint density at radius 3 is 2.39 bits per heavy atom. The van der Waals surface area contributed by atoms with Crippen molar-refractivity contribution in [2.45, 2.75) is 63.5 Å². The Hall–Kier alpha value is -0.130. The van der Waals surface area contributed by atoms with E-state index in [9.17, 15) is 8.42 Å². The molecule has 1 N–H and O–H groups in total. The fraction of sp³-hybridized carbons (Fsp3) is 1.00. The summed E-state index contributed by atoms with van der Waals surface area (Å²) in [7, 11) is -1.28. The van der Waals surface area contributed by atoms with Crippen LogP contribution < -0.4 is 5.32 Å². The Bertz CT molecular complexity index is 346. The number of nitrogens with zero attached hydrogens (tertiary/aromatic N) is 1. The van der Waals surface area contributed by atoms with Crippen molar-refractivity contribution in [2.75, 3.05) is 19.3 Å². The Kier molecular flexibility index (Phi) is 5.04. The lowest BCUT2D eigenvalue weighted by molar-refractivity contribution is 0.285. The summed E-state index contributed by atoms with van der Waals surface area (Å²) >= 11 is 0. The maximum Gasteiger partial charge on any atom is 0.214 e. The van der Waals surface area contributed by atoms with E-state index in [0.29, 0.717) is 11.8 Å². The molecule has 2 fully saturated rings. The van der Waals surface area contributed by atoms with Crippen molar-refractivity contribution in [1.82, 2.24) is 9.62 Å². The van der Waals surface area contributed by atoms with Gasteiger partial charge in [-0.15, -0.1) is 0 Å². The van der Waals surface area contributed by atoms with Gasteiger partial charge in [0.2, 0.25) is 10.0 Å².